The molecule has 0 atom stereocenters. The van der Waals surface area contributed by atoms with Gasteiger partial charge in [-0.3, -0.25) is 4.79 Å². The van der Waals surface area contributed by atoms with Crippen LogP contribution in [-0.2, 0) is 4.79 Å². The first-order valence-corrected chi connectivity index (χ1v) is 7.02. The highest BCUT2D eigenvalue weighted by molar-refractivity contribution is 14.1. The Hall–Kier alpha value is -0.330. The van der Waals surface area contributed by atoms with E-state index in [0.717, 1.165) is 31.6 Å². The van der Waals surface area contributed by atoms with Crippen molar-refractivity contribution in [1.82, 2.24) is 5.32 Å². The normalized spacial score (nSPS) is 15.9. The highest BCUT2D eigenvalue weighted by Gasteiger charge is 2.20. The molecular weight excluding hydrogens is 363 g/mol. The quantitative estimate of drug-likeness (QED) is 0.775. The Morgan fingerprint density at radius 3 is 2.67 bits per heavy atom. The molecule has 1 aliphatic rings. The largest absolute Gasteiger partial charge is 0.326 e. The van der Waals surface area contributed by atoms with Gasteiger partial charge in [0.1, 0.15) is 0 Å². The molecule has 1 fully saturated rings. The van der Waals surface area contributed by atoms with Crippen LogP contribution in [-0.4, -0.2) is 19.0 Å². The Labute approximate surface area is 128 Å². The van der Waals surface area contributed by atoms with Gasteiger partial charge in [-0.05, 0) is 73.1 Å². The van der Waals surface area contributed by atoms with Crippen LogP contribution in [0.25, 0.3) is 0 Å². The minimum absolute atomic E-state index is 0. The van der Waals surface area contributed by atoms with Crippen LogP contribution in [0.15, 0.2) is 18.2 Å². The summed E-state index contributed by atoms with van der Waals surface area (Å²) in [6.45, 7) is 3.97. The van der Waals surface area contributed by atoms with E-state index >= 15 is 0 Å². The molecule has 100 valence electrons. The van der Waals surface area contributed by atoms with Crippen LogP contribution >= 0.6 is 35.0 Å². The number of anilines is 1. The molecule has 1 amide bonds. The van der Waals surface area contributed by atoms with Gasteiger partial charge in [0.25, 0.3) is 0 Å². The maximum Gasteiger partial charge on any atom is 0.227 e. The van der Waals surface area contributed by atoms with Gasteiger partial charge in [-0.15, -0.1) is 12.4 Å². The van der Waals surface area contributed by atoms with Crippen molar-refractivity contribution < 1.29 is 4.79 Å². The van der Waals surface area contributed by atoms with Crippen molar-refractivity contribution in [2.45, 2.75) is 19.8 Å². The molecule has 0 saturated carbocycles. The summed E-state index contributed by atoms with van der Waals surface area (Å²) in [5.41, 5.74) is 2.15. The number of rotatable bonds is 2. The lowest BCUT2D eigenvalue weighted by Crippen LogP contribution is -2.34. The van der Waals surface area contributed by atoms with Gasteiger partial charge in [0, 0.05) is 15.2 Å². The summed E-state index contributed by atoms with van der Waals surface area (Å²) in [6, 6.07) is 6.03. The number of carbonyl (C=O) groups excluding carboxylic acids is 1. The van der Waals surface area contributed by atoms with E-state index in [1.807, 2.05) is 18.2 Å². The van der Waals surface area contributed by atoms with Crippen LogP contribution < -0.4 is 10.6 Å². The van der Waals surface area contributed by atoms with Crippen LogP contribution in [0.5, 0.6) is 0 Å². The number of hydrogen-bond donors (Lipinski definition) is 2. The predicted octanol–water partition coefficient (Wildman–Crippen LogP) is 2.96. The summed E-state index contributed by atoms with van der Waals surface area (Å²) in [4.78, 5) is 12.0. The average molecular weight is 381 g/mol. The van der Waals surface area contributed by atoms with Crippen molar-refractivity contribution in [2.75, 3.05) is 18.4 Å². The Bertz CT molecular complexity index is 419. The number of nitrogens with one attached hydrogen (secondary N) is 2. The highest BCUT2D eigenvalue weighted by Crippen LogP contribution is 2.19. The van der Waals surface area contributed by atoms with E-state index in [1.165, 1.54) is 9.13 Å². The summed E-state index contributed by atoms with van der Waals surface area (Å²) in [6.07, 6.45) is 1.88. The number of carbonyl (C=O) groups is 1. The standard InChI is InChI=1S/C13H17IN2O.ClH/c1-9-2-3-11(8-12(9)14)16-13(17)10-4-6-15-7-5-10;/h2-3,8,10,15H,4-7H2,1H3,(H,16,17);1H. The van der Waals surface area contributed by atoms with Gasteiger partial charge in [0.05, 0.1) is 0 Å². The molecule has 5 heteroatoms. The Morgan fingerprint density at radius 2 is 2.06 bits per heavy atom. The minimum atomic E-state index is 0. The lowest BCUT2D eigenvalue weighted by molar-refractivity contribution is -0.120. The third-order valence-electron chi connectivity index (χ3n) is 3.15. The molecule has 1 saturated heterocycles. The van der Waals surface area contributed by atoms with Crippen LogP contribution in [0.1, 0.15) is 18.4 Å². The SMILES string of the molecule is Cc1ccc(NC(=O)C2CCNCC2)cc1I.Cl. The number of benzene rings is 1. The van der Waals surface area contributed by atoms with Crippen molar-refractivity contribution in [3.63, 3.8) is 0 Å². The molecule has 0 spiro atoms. The molecular formula is C13H18ClIN2O. The second-order valence-electron chi connectivity index (χ2n) is 4.48. The summed E-state index contributed by atoms with van der Waals surface area (Å²) < 4.78 is 1.19. The number of hydrogen-bond acceptors (Lipinski definition) is 2. The Kier molecular flexibility index (Phi) is 6.38. The molecule has 0 aromatic heterocycles. The van der Waals surface area contributed by atoms with Crippen LogP contribution in [0.2, 0.25) is 0 Å². The van der Waals surface area contributed by atoms with Gasteiger partial charge in [0.15, 0.2) is 0 Å². The lowest BCUT2D eigenvalue weighted by atomic mass is 9.97. The highest BCUT2D eigenvalue weighted by atomic mass is 127. The van der Waals surface area contributed by atoms with E-state index < -0.39 is 0 Å². The first-order chi connectivity index (χ1) is 8.16. The fourth-order valence-corrected chi connectivity index (χ4v) is 2.51. The molecule has 1 aliphatic heterocycles. The van der Waals surface area contributed by atoms with E-state index in [1.54, 1.807) is 0 Å². The molecule has 0 bridgehead atoms. The molecule has 2 rings (SSSR count). The van der Waals surface area contributed by atoms with Gasteiger partial charge >= 0.3 is 0 Å². The summed E-state index contributed by atoms with van der Waals surface area (Å²) in [5.74, 6) is 0.321. The maximum atomic E-state index is 12.0. The molecule has 0 radical (unpaired) electrons. The molecule has 18 heavy (non-hydrogen) atoms. The van der Waals surface area contributed by atoms with Crippen molar-refractivity contribution in [1.29, 1.82) is 0 Å². The van der Waals surface area contributed by atoms with Gasteiger partial charge in [-0.25, -0.2) is 0 Å². The van der Waals surface area contributed by atoms with Crippen LogP contribution in [0.3, 0.4) is 0 Å². The van der Waals surface area contributed by atoms with Gasteiger partial charge < -0.3 is 10.6 Å². The summed E-state index contributed by atoms with van der Waals surface area (Å²) >= 11 is 2.29. The Balaban J connectivity index is 0.00000162. The maximum absolute atomic E-state index is 12.0. The molecule has 1 heterocycles. The van der Waals surface area contributed by atoms with Crippen LogP contribution in [0.4, 0.5) is 5.69 Å². The minimum Gasteiger partial charge on any atom is -0.326 e. The van der Waals surface area contributed by atoms with Gasteiger partial charge in [-0.2, -0.15) is 0 Å². The zero-order valence-corrected chi connectivity index (χ0v) is 13.3. The van der Waals surface area contributed by atoms with E-state index in [-0.39, 0.29) is 24.2 Å². The van der Waals surface area contributed by atoms with E-state index in [0.29, 0.717) is 0 Å². The van der Waals surface area contributed by atoms with Crippen molar-refractivity contribution >= 4 is 46.6 Å². The summed E-state index contributed by atoms with van der Waals surface area (Å²) in [5, 5.41) is 6.28. The number of halogens is 2. The average Bonchev–Trinajstić information content (AvgIpc) is 2.35. The molecule has 0 unspecified atom stereocenters. The monoisotopic (exact) mass is 380 g/mol. The fourth-order valence-electron chi connectivity index (χ4n) is 2.00. The predicted molar refractivity (Wildman–Crippen MR) is 85.4 cm³/mol. The van der Waals surface area contributed by atoms with E-state index in [4.69, 9.17) is 0 Å². The third-order valence-corrected chi connectivity index (χ3v) is 4.31. The number of aryl methyl sites for hydroxylation is 1. The molecule has 3 nitrogen and oxygen atoms in total. The topological polar surface area (TPSA) is 41.1 Å². The number of piperidine rings is 1. The zero-order chi connectivity index (χ0) is 12.3. The molecule has 1 aromatic rings. The lowest BCUT2D eigenvalue weighted by Gasteiger charge is -2.21. The molecule has 0 aliphatic carbocycles. The summed E-state index contributed by atoms with van der Waals surface area (Å²) in [7, 11) is 0. The molecule has 2 N–H and O–H groups in total. The molecule has 1 aromatic carbocycles. The third kappa shape index (κ3) is 4.10. The smallest absolute Gasteiger partial charge is 0.227 e. The van der Waals surface area contributed by atoms with Crippen molar-refractivity contribution in [2.24, 2.45) is 5.92 Å². The van der Waals surface area contributed by atoms with Crippen molar-refractivity contribution in [3.05, 3.63) is 27.3 Å². The van der Waals surface area contributed by atoms with Crippen molar-refractivity contribution in [3.8, 4) is 0 Å². The second-order valence-corrected chi connectivity index (χ2v) is 5.64. The fraction of sp³-hybridized carbons (Fsp3) is 0.462. The number of amides is 1. The zero-order valence-electron chi connectivity index (χ0n) is 10.3. The van der Waals surface area contributed by atoms with Gasteiger partial charge in [-0.1, -0.05) is 6.07 Å². The first-order valence-electron chi connectivity index (χ1n) is 5.94. The van der Waals surface area contributed by atoms with Gasteiger partial charge in [0.2, 0.25) is 5.91 Å². The van der Waals surface area contributed by atoms with Crippen LogP contribution in [0, 0.1) is 16.4 Å². The van der Waals surface area contributed by atoms with E-state index in [9.17, 15) is 4.79 Å². The van der Waals surface area contributed by atoms with E-state index in [2.05, 4.69) is 40.1 Å². The second kappa shape index (κ2) is 7.31. The Morgan fingerprint density at radius 1 is 1.39 bits per heavy atom. The first kappa shape index (κ1) is 15.7.